The van der Waals surface area contributed by atoms with Gasteiger partial charge in [-0.15, -0.1) is 0 Å². The summed E-state index contributed by atoms with van der Waals surface area (Å²) in [7, 11) is 0. The molecule has 1 saturated carbocycles. The summed E-state index contributed by atoms with van der Waals surface area (Å²) in [5, 5.41) is -0.375. The maximum absolute atomic E-state index is 11.1. The molecule has 1 saturated heterocycles. The maximum Gasteiger partial charge on any atom is 0.331 e. The monoisotopic (exact) mass is 216 g/mol. The van der Waals surface area contributed by atoms with Crippen molar-refractivity contribution in [3.8, 4) is 0 Å². The molecule has 1 aliphatic carbocycles. The molecular weight excluding hydrogens is 208 g/mol. The molecule has 0 unspecified atom stereocenters. The third-order valence-corrected chi connectivity index (χ3v) is 3.44. The van der Waals surface area contributed by atoms with Crippen molar-refractivity contribution in [2.24, 2.45) is 11.3 Å². The minimum atomic E-state index is -0.928. The number of esters is 2. The van der Waals surface area contributed by atoms with Crippen LogP contribution in [0.5, 0.6) is 0 Å². The van der Waals surface area contributed by atoms with E-state index in [0.29, 0.717) is 25.7 Å². The van der Waals surface area contributed by atoms with Crippen molar-refractivity contribution in [1.29, 1.82) is 0 Å². The fraction of sp³-hybridized carbons (Fsp3) is 0.667. The molecule has 0 aromatic heterocycles. The Balaban J connectivity index is 2.05. The lowest BCUT2D eigenvalue weighted by molar-refractivity contribution is -0.200. The van der Waals surface area contributed by atoms with Gasteiger partial charge >= 0.3 is 11.9 Å². The van der Waals surface area contributed by atoms with Crippen LogP contribution in [-0.2, 0) is 19.1 Å². The largest absolute Gasteiger partial charge is 0.391 e. The Morgan fingerprint density at radius 2 is 1.79 bits per heavy atom. The van der Waals surface area contributed by atoms with Gasteiger partial charge < -0.3 is 4.74 Å². The first-order valence-electron chi connectivity index (χ1n) is 4.52. The molecule has 0 radical (unpaired) electrons. The fourth-order valence-electron chi connectivity index (χ4n) is 2.06. The number of rotatable bonds is 1. The van der Waals surface area contributed by atoms with Crippen LogP contribution in [0.15, 0.2) is 0 Å². The molecule has 5 heteroatoms. The Morgan fingerprint density at radius 1 is 1.29 bits per heavy atom. The number of ether oxygens (including phenoxy) is 1. The first-order valence-corrected chi connectivity index (χ1v) is 4.90. The second-order valence-corrected chi connectivity index (χ2v) is 4.21. The van der Waals surface area contributed by atoms with Crippen LogP contribution in [0.25, 0.3) is 0 Å². The molecule has 1 aliphatic heterocycles. The third-order valence-electron chi connectivity index (χ3n) is 3.13. The molecule has 0 aromatic rings. The van der Waals surface area contributed by atoms with Gasteiger partial charge in [-0.2, -0.15) is 0 Å². The highest BCUT2D eigenvalue weighted by Crippen LogP contribution is 2.46. The number of cyclic esters (lactones) is 2. The van der Waals surface area contributed by atoms with E-state index in [4.69, 9.17) is 11.6 Å². The van der Waals surface area contributed by atoms with E-state index in [0.717, 1.165) is 0 Å². The zero-order chi connectivity index (χ0) is 10.3. The topological polar surface area (TPSA) is 60.4 Å². The van der Waals surface area contributed by atoms with Crippen LogP contribution in [0.2, 0.25) is 0 Å². The lowest BCUT2D eigenvalue weighted by atomic mass is 9.68. The van der Waals surface area contributed by atoms with Gasteiger partial charge in [0.05, 0.1) is 0 Å². The summed E-state index contributed by atoms with van der Waals surface area (Å²) in [6.07, 6.45) is 1.80. The Bertz CT molecular complexity index is 299. The third kappa shape index (κ3) is 1.17. The van der Waals surface area contributed by atoms with Gasteiger partial charge in [-0.1, -0.05) is 0 Å². The molecule has 2 aliphatic rings. The summed E-state index contributed by atoms with van der Waals surface area (Å²) >= 11 is 5.34. The van der Waals surface area contributed by atoms with Gasteiger partial charge in [-0.05, 0) is 37.3 Å². The lowest BCUT2D eigenvalue weighted by Gasteiger charge is -2.40. The van der Waals surface area contributed by atoms with Crippen molar-refractivity contribution in [3.63, 3.8) is 0 Å². The van der Waals surface area contributed by atoms with Crippen LogP contribution in [0.3, 0.4) is 0 Å². The molecule has 1 spiro atoms. The summed E-state index contributed by atoms with van der Waals surface area (Å²) in [5.74, 6) is -1.09. The minimum Gasteiger partial charge on any atom is -0.391 e. The predicted molar refractivity (Wildman–Crippen MR) is 46.4 cm³/mol. The van der Waals surface area contributed by atoms with Crippen LogP contribution in [0.1, 0.15) is 25.7 Å². The Hall–Kier alpha value is -0.900. The summed E-state index contributed by atoms with van der Waals surface area (Å²) < 4.78 is 4.33. The average Bonchev–Trinajstić information content (AvgIpc) is 2.18. The van der Waals surface area contributed by atoms with E-state index in [1.807, 2.05) is 0 Å². The summed E-state index contributed by atoms with van der Waals surface area (Å²) in [4.78, 5) is 33.1. The van der Waals surface area contributed by atoms with E-state index in [-0.39, 0.29) is 11.2 Å². The minimum absolute atomic E-state index is 0.205. The van der Waals surface area contributed by atoms with Gasteiger partial charge in [0, 0.05) is 5.92 Å². The number of hydrogen-bond donors (Lipinski definition) is 0. The van der Waals surface area contributed by atoms with Crippen LogP contribution >= 0.6 is 11.6 Å². The van der Waals surface area contributed by atoms with E-state index in [1.54, 1.807) is 0 Å². The Labute approximate surface area is 85.5 Å². The number of carbonyl (C=O) groups excluding carboxylic acids is 3. The summed E-state index contributed by atoms with van der Waals surface area (Å²) in [5.41, 5.74) is -0.928. The molecule has 76 valence electrons. The standard InChI is InChI=1S/C9H9ClO4/c10-6(11)5-1-3-9(4-2-5)7(12)14-8(9)13/h5H,1-4H2. The molecular formula is C9H9ClO4. The molecule has 0 bridgehead atoms. The quantitative estimate of drug-likeness (QED) is 0.373. The first-order chi connectivity index (χ1) is 6.56. The van der Waals surface area contributed by atoms with E-state index in [9.17, 15) is 14.4 Å². The van der Waals surface area contributed by atoms with Crippen LogP contribution < -0.4 is 0 Å². The summed E-state index contributed by atoms with van der Waals surface area (Å²) in [6.45, 7) is 0. The van der Waals surface area contributed by atoms with Gasteiger partial charge in [0.1, 0.15) is 0 Å². The SMILES string of the molecule is O=C(Cl)C1CCC2(CC1)C(=O)OC2=O. The van der Waals surface area contributed by atoms with Crippen molar-refractivity contribution in [2.75, 3.05) is 0 Å². The van der Waals surface area contributed by atoms with Gasteiger partial charge in [-0.3, -0.25) is 14.4 Å². The van der Waals surface area contributed by atoms with Gasteiger partial charge in [0.15, 0.2) is 5.41 Å². The highest BCUT2D eigenvalue weighted by molar-refractivity contribution is 6.64. The van der Waals surface area contributed by atoms with Gasteiger partial charge in [0.25, 0.3) is 0 Å². The molecule has 0 amide bonds. The summed E-state index contributed by atoms with van der Waals surface area (Å²) in [6, 6.07) is 0. The van der Waals surface area contributed by atoms with Crippen LogP contribution in [0.4, 0.5) is 0 Å². The Kier molecular flexibility index (Phi) is 2.10. The van der Waals surface area contributed by atoms with Crippen molar-refractivity contribution < 1.29 is 19.1 Å². The highest BCUT2D eigenvalue weighted by atomic mass is 35.5. The Morgan fingerprint density at radius 3 is 2.14 bits per heavy atom. The van der Waals surface area contributed by atoms with Crippen molar-refractivity contribution >= 4 is 28.8 Å². The lowest BCUT2D eigenvalue weighted by Crippen LogP contribution is -2.55. The molecule has 2 rings (SSSR count). The van der Waals surface area contributed by atoms with Crippen molar-refractivity contribution in [1.82, 2.24) is 0 Å². The van der Waals surface area contributed by atoms with E-state index in [1.165, 1.54) is 0 Å². The molecule has 4 nitrogen and oxygen atoms in total. The van der Waals surface area contributed by atoms with Gasteiger partial charge in [0.2, 0.25) is 5.24 Å². The fourth-order valence-corrected chi connectivity index (χ4v) is 2.28. The average molecular weight is 217 g/mol. The molecule has 1 heterocycles. The van der Waals surface area contributed by atoms with Crippen molar-refractivity contribution in [3.05, 3.63) is 0 Å². The molecule has 2 fully saturated rings. The predicted octanol–water partition coefficient (Wildman–Crippen LogP) is 1.01. The van der Waals surface area contributed by atoms with Crippen molar-refractivity contribution in [2.45, 2.75) is 25.7 Å². The normalized spacial score (nSPS) is 25.8. The second-order valence-electron chi connectivity index (χ2n) is 3.84. The maximum atomic E-state index is 11.1. The smallest absolute Gasteiger partial charge is 0.331 e. The molecule has 0 aromatic carbocycles. The van der Waals surface area contributed by atoms with E-state index in [2.05, 4.69) is 4.74 Å². The molecule has 0 atom stereocenters. The molecule has 0 N–H and O–H groups in total. The van der Waals surface area contributed by atoms with Crippen LogP contribution in [-0.4, -0.2) is 17.2 Å². The van der Waals surface area contributed by atoms with E-state index < -0.39 is 17.4 Å². The number of hydrogen-bond acceptors (Lipinski definition) is 4. The molecule has 14 heavy (non-hydrogen) atoms. The van der Waals surface area contributed by atoms with E-state index >= 15 is 0 Å². The zero-order valence-corrected chi connectivity index (χ0v) is 8.17. The highest BCUT2D eigenvalue weighted by Gasteiger charge is 2.59. The second kappa shape index (κ2) is 3.05. The van der Waals surface area contributed by atoms with Crippen LogP contribution in [0, 0.1) is 11.3 Å². The number of halogens is 1. The first kappa shape index (κ1) is 9.65. The van der Waals surface area contributed by atoms with Gasteiger partial charge in [-0.25, -0.2) is 0 Å². The number of carbonyl (C=O) groups is 3. The zero-order valence-electron chi connectivity index (χ0n) is 7.42.